The third-order valence-corrected chi connectivity index (χ3v) is 13.7. The van der Waals surface area contributed by atoms with Gasteiger partial charge in [-0.15, -0.1) is 0 Å². The second-order valence-corrected chi connectivity index (χ2v) is 16.1. The molecule has 0 aromatic carbocycles. The molecule has 0 amide bonds. The largest absolute Gasteiger partial charge is 0.303 e. The monoisotopic (exact) mass is 556 g/mol. The fraction of sp³-hybridized carbons (Fsp3) is 1.00. The van der Waals surface area contributed by atoms with Gasteiger partial charge in [0.25, 0.3) is 0 Å². The molecule has 0 heterocycles. The zero-order valence-corrected chi connectivity index (χ0v) is 28.1. The van der Waals surface area contributed by atoms with Crippen molar-refractivity contribution < 1.29 is 0 Å². The number of rotatable bonds is 19. The van der Waals surface area contributed by atoms with Crippen LogP contribution in [0.5, 0.6) is 0 Å². The Balaban J connectivity index is 1.20. The van der Waals surface area contributed by atoms with Crippen LogP contribution >= 0.6 is 0 Å². The van der Waals surface area contributed by atoms with Crippen molar-refractivity contribution in [2.24, 2.45) is 40.4 Å². The van der Waals surface area contributed by atoms with Crippen LogP contribution in [0.2, 0.25) is 0 Å². The lowest BCUT2D eigenvalue weighted by atomic mass is 9.45. The van der Waals surface area contributed by atoms with E-state index < -0.39 is 0 Å². The zero-order valence-electron chi connectivity index (χ0n) is 28.1. The number of nitrogens with zero attached hydrogens (tertiary/aromatic N) is 1. The minimum absolute atomic E-state index is 0.676. The standard InChI is InChI=1S/C39H73N/c1-5-7-9-11-13-18-30-40(31-19-14-12-10-8-6-2)32-20-16-22-34-24-26-36-35-25-23-33-21-15-17-28-38(33,3)37(35)27-29-39(34,36)4/h33-37H,5-32H2,1-4H3/t33-,34-,35?,36?,37?,38?,39?/m0/s1. The molecular formula is C39H73N. The molecular weight excluding hydrogens is 482 g/mol. The minimum Gasteiger partial charge on any atom is -0.303 e. The van der Waals surface area contributed by atoms with Crippen LogP contribution in [0, 0.1) is 40.4 Å². The highest BCUT2D eigenvalue weighted by molar-refractivity contribution is 5.08. The Morgan fingerprint density at radius 2 is 1.12 bits per heavy atom. The molecule has 1 heteroatoms. The molecule has 5 unspecified atom stereocenters. The van der Waals surface area contributed by atoms with Gasteiger partial charge in [-0.25, -0.2) is 0 Å². The molecule has 0 aromatic rings. The van der Waals surface area contributed by atoms with Crippen molar-refractivity contribution in [1.29, 1.82) is 0 Å². The lowest BCUT2D eigenvalue weighted by molar-refractivity contribution is -0.111. The van der Waals surface area contributed by atoms with Gasteiger partial charge in [0, 0.05) is 0 Å². The Labute approximate surface area is 252 Å². The Hall–Kier alpha value is -0.0400. The first-order valence-corrected chi connectivity index (χ1v) is 19.2. The van der Waals surface area contributed by atoms with Crippen LogP contribution in [0.3, 0.4) is 0 Å². The molecule has 0 bridgehead atoms. The Morgan fingerprint density at radius 1 is 0.525 bits per heavy atom. The summed E-state index contributed by atoms with van der Waals surface area (Å²) in [7, 11) is 0. The molecule has 4 saturated carbocycles. The maximum absolute atomic E-state index is 2.88. The van der Waals surface area contributed by atoms with E-state index in [0.29, 0.717) is 10.8 Å². The lowest BCUT2D eigenvalue weighted by Gasteiger charge is -2.60. The molecule has 0 radical (unpaired) electrons. The van der Waals surface area contributed by atoms with Gasteiger partial charge >= 0.3 is 0 Å². The Morgan fingerprint density at radius 3 is 1.80 bits per heavy atom. The van der Waals surface area contributed by atoms with Gasteiger partial charge in [0.1, 0.15) is 0 Å². The average Bonchev–Trinajstić information content (AvgIpc) is 3.30. The molecule has 4 rings (SSSR count). The molecule has 234 valence electrons. The third-order valence-electron chi connectivity index (χ3n) is 13.7. The second kappa shape index (κ2) is 16.7. The highest BCUT2D eigenvalue weighted by Crippen LogP contribution is 2.67. The molecule has 0 aromatic heterocycles. The third kappa shape index (κ3) is 8.32. The van der Waals surface area contributed by atoms with Gasteiger partial charge in [-0.3, -0.25) is 0 Å². The van der Waals surface area contributed by atoms with E-state index in [1.165, 1.54) is 129 Å². The minimum atomic E-state index is 0.676. The highest BCUT2D eigenvalue weighted by Gasteiger charge is 2.59. The van der Waals surface area contributed by atoms with E-state index in [4.69, 9.17) is 0 Å². The van der Waals surface area contributed by atoms with E-state index in [1.807, 2.05) is 0 Å². The van der Waals surface area contributed by atoms with Gasteiger partial charge in [0.2, 0.25) is 0 Å². The van der Waals surface area contributed by atoms with Crippen LogP contribution in [0.1, 0.15) is 188 Å². The van der Waals surface area contributed by atoms with Gasteiger partial charge in [-0.05, 0) is 137 Å². The van der Waals surface area contributed by atoms with Gasteiger partial charge in [-0.2, -0.15) is 0 Å². The number of hydrogen-bond acceptors (Lipinski definition) is 1. The summed E-state index contributed by atoms with van der Waals surface area (Å²) in [5.41, 5.74) is 1.38. The molecule has 0 N–H and O–H groups in total. The van der Waals surface area contributed by atoms with Crippen LogP contribution in [0.25, 0.3) is 0 Å². The predicted octanol–water partition coefficient (Wildman–Crippen LogP) is 12.2. The summed E-state index contributed by atoms with van der Waals surface area (Å²) < 4.78 is 0. The Bertz CT molecular complexity index is 670. The Kier molecular flexibility index (Phi) is 13.7. The van der Waals surface area contributed by atoms with E-state index in [9.17, 15) is 0 Å². The summed E-state index contributed by atoms with van der Waals surface area (Å²) in [4.78, 5) is 2.88. The van der Waals surface area contributed by atoms with Crippen molar-refractivity contribution in [3.05, 3.63) is 0 Å². The molecule has 40 heavy (non-hydrogen) atoms. The molecule has 0 saturated heterocycles. The molecule has 7 atom stereocenters. The van der Waals surface area contributed by atoms with Gasteiger partial charge in [0.15, 0.2) is 0 Å². The van der Waals surface area contributed by atoms with Crippen molar-refractivity contribution in [1.82, 2.24) is 4.90 Å². The normalized spacial score (nSPS) is 35.5. The number of unbranched alkanes of at least 4 members (excludes halogenated alkanes) is 11. The second-order valence-electron chi connectivity index (χ2n) is 16.1. The maximum Gasteiger partial charge on any atom is -0.00187 e. The number of hydrogen-bond donors (Lipinski definition) is 0. The van der Waals surface area contributed by atoms with Crippen LogP contribution in [0.4, 0.5) is 0 Å². The first-order chi connectivity index (χ1) is 19.5. The van der Waals surface area contributed by atoms with E-state index in [2.05, 4.69) is 32.6 Å². The van der Waals surface area contributed by atoms with Crippen LogP contribution in [-0.4, -0.2) is 24.5 Å². The molecule has 4 aliphatic rings. The first kappa shape index (κ1) is 32.9. The topological polar surface area (TPSA) is 3.24 Å². The fourth-order valence-corrected chi connectivity index (χ4v) is 11.2. The molecule has 0 spiro atoms. The zero-order chi connectivity index (χ0) is 28.3. The average molecular weight is 556 g/mol. The first-order valence-electron chi connectivity index (χ1n) is 19.2. The van der Waals surface area contributed by atoms with Crippen molar-refractivity contribution in [2.45, 2.75) is 188 Å². The molecule has 4 fully saturated rings. The van der Waals surface area contributed by atoms with Crippen LogP contribution in [0.15, 0.2) is 0 Å². The molecule has 4 aliphatic carbocycles. The quantitative estimate of drug-likeness (QED) is 0.143. The summed E-state index contributed by atoms with van der Waals surface area (Å²) >= 11 is 0. The van der Waals surface area contributed by atoms with Gasteiger partial charge < -0.3 is 4.90 Å². The van der Waals surface area contributed by atoms with E-state index in [0.717, 1.165) is 29.6 Å². The van der Waals surface area contributed by atoms with Crippen molar-refractivity contribution in [3.8, 4) is 0 Å². The van der Waals surface area contributed by atoms with Crippen molar-refractivity contribution >= 4 is 0 Å². The maximum atomic E-state index is 2.88. The van der Waals surface area contributed by atoms with E-state index >= 15 is 0 Å². The van der Waals surface area contributed by atoms with Crippen LogP contribution < -0.4 is 0 Å². The predicted molar refractivity (Wildman–Crippen MR) is 177 cm³/mol. The summed E-state index contributed by atoms with van der Waals surface area (Å²) in [5, 5.41) is 0. The fourth-order valence-electron chi connectivity index (χ4n) is 11.2. The van der Waals surface area contributed by atoms with Crippen molar-refractivity contribution in [2.75, 3.05) is 19.6 Å². The summed E-state index contributed by atoms with van der Waals surface area (Å²) in [6.45, 7) is 14.3. The van der Waals surface area contributed by atoms with Gasteiger partial charge in [0.05, 0.1) is 0 Å². The van der Waals surface area contributed by atoms with E-state index in [1.54, 1.807) is 51.4 Å². The molecule has 1 nitrogen and oxygen atoms in total. The van der Waals surface area contributed by atoms with Crippen LogP contribution in [-0.2, 0) is 0 Å². The highest BCUT2D eigenvalue weighted by atomic mass is 15.1. The van der Waals surface area contributed by atoms with E-state index in [-0.39, 0.29) is 0 Å². The lowest BCUT2D eigenvalue weighted by Crippen LogP contribution is -2.52. The summed E-state index contributed by atoms with van der Waals surface area (Å²) in [6, 6.07) is 0. The van der Waals surface area contributed by atoms with Gasteiger partial charge in [-0.1, -0.05) is 111 Å². The summed E-state index contributed by atoms with van der Waals surface area (Å²) in [5.74, 6) is 5.31. The smallest absolute Gasteiger partial charge is 0.00187 e. The number of fused-ring (bicyclic) bond motifs is 5. The summed E-state index contributed by atoms with van der Waals surface area (Å²) in [6.07, 6.45) is 37.3. The van der Waals surface area contributed by atoms with Crippen molar-refractivity contribution in [3.63, 3.8) is 0 Å². The molecule has 0 aliphatic heterocycles. The SMILES string of the molecule is CCCCCCCCN(CCCCCCCC)CCCC[C@H]1CCC2C3CC[C@@H]4CCCCC4(C)C3CCC21C.